The molecule has 0 amide bonds. The molecule has 1 heterocycles. The number of thioether (sulfide) groups is 1. The number of rotatable bonds is 6. The first-order valence-electron chi connectivity index (χ1n) is 9.03. The van der Waals surface area contributed by atoms with Crippen LogP contribution in [-0.4, -0.2) is 17.0 Å². The van der Waals surface area contributed by atoms with Crippen LogP contribution in [0.3, 0.4) is 0 Å². The lowest BCUT2D eigenvalue weighted by Gasteiger charge is -2.39. The van der Waals surface area contributed by atoms with Gasteiger partial charge in [0, 0.05) is 4.90 Å². The molecule has 26 heavy (non-hydrogen) atoms. The van der Waals surface area contributed by atoms with Crippen molar-refractivity contribution < 1.29 is 14.3 Å². The molecule has 136 valence electrons. The molecule has 0 saturated carbocycles. The van der Waals surface area contributed by atoms with Gasteiger partial charge in [-0.25, -0.2) is 0 Å². The molecule has 1 aliphatic rings. The third kappa shape index (κ3) is 4.18. The minimum atomic E-state index is -0.840. The van der Waals surface area contributed by atoms with E-state index in [9.17, 15) is 9.59 Å². The van der Waals surface area contributed by atoms with E-state index in [0.29, 0.717) is 12.3 Å². The standard InChI is InChI=1S/C22H24O3S/c1-16(2)13-14-22(17-9-5-3-6-10-17)15-19(23)20(21(24)25-22)26-18-11-7-4-8-12-18/h3-12,16,20H,13-15H2,1-2H3. The topological polar surface area (TPSA) is 43.4 Å². The first kappa shape index (κ1) is 18.7. The van der Waals surface area contributed by atoms with Gasteiger partial charge < -0.3 is 4.74 Å². The molecule has 2 aromatic carbocycles. The molecule has 2 aromatic rings. The van der Waals surface area contributed by atoms with Crippen molar-refractivity contribution in [1.29, 1.82) is 0 Å². The Morgan fingerprint density at radius 2 is 1.65 bits per heavy atom. The van der Waals surface area contributed by atoms with Crippen LogP contribution in [-0.2, 0) is 19.9 Å². The third-order valence-corrected chi connectivity index (χ3v) is 5.92. The molecule has 2 atom stereocenters. The van der Waals surface area contributed by atoms with Crippen LogP contribution in [0.15, 0.2) is 65.6 Å². The van der Waals surface area contributed by atoms with Crippen molar-refractivity contribution in [3.63, 3.8) is 0 Å². The maximum Gasteiger partial charge on any atom is 0.327 e. The zero-order valence-corrected chi connectivity index (χ0v) is 16.0. The second-order valence-electron chi connectivity index (χ2n) is 7.17. The van der Waals surface area contributed by atoms with Crippen molar-refractivity contribution in [2.24, 2.45) is 5.92 Å². The minimum Gasteiger partial charge on any atom is -0.453 e. The molecule has 0 bridgehead atoms. The van der Waals surface area contributed by atoms with Gasteiger partial charge in [0.25, 0.3) is 0 Å². The predicted molar refractivity (Wildman–Crippen MR) is 104 cm³/mol. The molecule has 0 N–H and O–H groups in total. The normalized spacial score (nSPS) is 23.1. The largest absolute Gasteiger partial charge is 0.453 e. The summed E-state index contributed by atoms with van der Waals surface area (Å²) in [7, 11) is 0. The number of ketones is 1. The molecule has 0 spiro atoms. The van der Waals surface area contributed by atoms with Gasteiger partial charge >= 0.3 is 5.97 Å². The SMILES string of the molecule is CC(C)CCC1(c2ccccc2)CC(=O)C(Sc2ccccc2)C(=O)O1. The highest BCUT2D eigenvalue weighted by Gasteiger charge is 2.48. The molecular formula is C22H24O3S. The maximum absolute atomic E-state index is 12.9. The van der Waals surface area contributed by atoms with Crippen molar-refractivity contribution in [1.82, 2.24) is 0 Å². The van der Waals surface area contributed by atoms with Crippen molar-refractivity contribution >= 4 is 23.5 Å². The molecule has 0 aromatic heterocycles. The van der Waals surface area contributed by atoms with Crippen molar-refractivity contribution in [3.8, 4) is 0 Å². The molecule has 3 rings (SSSR count). The molecule has 0 aliphatic carbocycles. The fraction of sp³-hybridized carbons (Fsp3) is 0.364. The van der Waals surface area contributed by atoms with Crippen LogP contribution in [0.2, 0.25) is 0 Å². The molecule has 1 saturated heterocycles. The first-order valence-corrected chi connectivity index (χ1v) is 9.91. The highest BCUT2D eigenvalue weighted by molar-refractivity contribution is 8.01. The number of carbonyl (C=O) groups excluding carboxylic acids is 2. The van der Waals surface area contributed by atoms with Gasteiger partial charge in [0.1, 0.15) is 5.60 Å². The Bertz CT molecular complexity index is 737. The molecular weight excluding hydrogens is 344 g/mol. The lowest BCUT2D eigenvalue weighted by Crippen LogP contribution is -2.47. The summed E-state index contributed by atoms with van der Waals surface area (Å²) in [5, 5.41) is -0.784. The summed E-state index contributed by atoms with van der Waals surface area (Å²) in [5.74, 6) is -0.00812. The summed E-state index contributed by atoms with van der Waals surface area (Å²) in [4.78, 5) is 26.6. The van der Waals surface area contributed by atoms with Crippen LogP contribution < -0.4 is 0 Å². The van der Waals surface area contributed by atoms with Crippen LogP contribution in [0, 0.1) is 5.92 Å². The number of ether oxygens (including phenoxy) is 1. The van der Waals surface area contributed by atoms with Gasteiger partial charge in [-0.2, -0.15) is 0 Å². The van der Waals surface area contributed by atoms with Crippen LogP contribution >= 0.6 is 11.8 Å². The van der Waals surface area contributed by atoms with E-state index in [1.807, 2.05) is 60.7 Å². The van der Waals surface area contributed by atoms with Crippen LogP contribution in [0.4, 0.5) is 0 Å². The van der Waals surface area contributed by atoms with E-state index < -0.39 is 16.8 Å². The number of hydrogen-bond acceptors (Lipinski definition) is 4. The number of benzene rings is 2. The smallest absolute Gasteiger partial charge is 0.327 e. The van der Waals surface area contributed by atoms with E-state index in [1.165, 1.54) is 11.8 Å². The lowest BCUT2D eigenvalue weighted by molar-refractivity contribution is -0.172. The Morgan fingerprint density at radius 1 is 1.04 bits per heavy atom. The van der Waals surface area contributed by atoms with Gasteiger partial charge in [0.05, 0.1) is 6.42 Å². The van der Waals surface area contributed by atoms with Crippen molar-refractivity contribution in [2.75, 3.05) is 0 Å². The van der Waals surface area contributed by atoms with E-state index in [0.717, 1.165) is 16.9 Å². The van der Waals surface area contributed by atoms with E-state index in [1.54, 1.807) is 0 Å². The van der Waals surface area contributed by atoms with Gasteiger partial charge in [-0.15, -0.1) is 11.8 Å². The monoisotopic (exact) mass is 368 g/mol. The Hall–Kier alpha value is -2.07. The predicted octanol–water partition coefficient (Wildman–Crippen LogP) is 5.00. The summed E-state index contributed by atoms with van der Waals surface area (Å²) < 4.78 is 5.99. The average Bonchev–Trinajstić information content (AvgIpc) is 2.65. The molecule has 4 heteroatoms. The van der Waals surface area contributed by atoms with Gasteiger partial charge in [-0.3, -0.25) is 9.59 Å². The Labute approximate surface area is 159 Å². The molecule has 1 fully saturated rings. The zero-order chi connectivity index (χ0) is 18.6. The van der Waals surface area contributed by atoms with Crippen LogP contribution in [0.1, 0.15) is 38.7 Å². The quantitative estimate of drug-likeness (QED) is 0.532. The highest BCUT2D eigenvalue weighted by Crippen LogP contribution is 2.42. The number of hydrogen-bond donors (Lipinski definition) is 0. The summed E-state index contributed by atoms with van der Waals surface area (Å²) in [6.45, 7) is 4.28. The van der Waals surface area contributed by atoms with E-state index in [4.69, 9.17) is 4.74 Å². The minimum absolute atomic E-state index is 0.0530. The molecule has 2 unspecified atom stereocenters. The average molecular weight is 368 g/mol. The van der Waals surface area contributed by atoms with E-state index in [2.05, 4.69) is 13.8 Å². The van der Waals surface area contributed by atoms with Gasteiger partial charge in [-0.05, 0) is 36.5 Å². The fourth-order valence-electron chi connectivity index (χ4n) is 3.25. The maximum atomic E-state index is 12.9. The Morgan fingerprint density at radius 3 is 2.23 bits per heavy atom. The molecule has 0 radical (unpaired) electrons. The first-order chi connectivity index (χ1) is 12.5. The second kappa shape index (κ2) is 8.09. The van der Waals surface area contributed by atoms with Gasteiger partial charge in [0.2, 0.25) is 0 Å². The molecule has 3 nitrogen and oxygen atoms in total. The summed E-state index contributed by atoms with van der Waals surface area (Å²) >= 11 is 1.28. The number of cyclic esters (lactones) is 1. The number of esters is 1. The zero-order valence-electron chi connectivity index (χ0n) is 15.2. The molecule has 1 aliphatic heterocycles. The highest BCUT2D eigenvalue weighted by atomic mass is 32.2. The van der Waals surface area contributed by atoms with Gasteiger partial charge in [-0.1, -0.05) is 62.4 Å². The van der Waals surface area contributed by atoms with E-state index >= 15 is 0 Å². The Kier molecular flexibility index (Phi) is 5.82. The van der Waals surface area contributed by atoms with Crippen LogP contribution in [0.5, 0.6) is 0 Å². The fourth-order valence-corrected chi connectivity index (χ4v) is 4.19. The summed E-state index contributed by atoms with van der Waals surface area (Å²) in [6.07, 6.45) is 1.79. The number of Topliss-reactive ketones (excluding diaryl/α,β-unsaturated/α-hetero) is 1. The summed E-state index contributed by atoms with van der Waals surface area (Å²) in [6, 6.07) is 19.2. The second-order valence-corrected chi connectivity index (χ2v) is 8.35. The van der Waals surface area contributed by atoms with Gasteiger partial charge in [0.15, 0.2) is 11.0 Å². The van der Waals surface area contributed by atoms with Crippen molar-refractivity contribution in [2.45, 2.75) is 48.9 Å². The van der Waals surface area contributed by atoms with E-state index in [-0.39, 0.29) is 12.2 Å². The Balaban J connectivity index is 1.85. The lowest BCUT2D eigenvalue weighted by atomic mass is 9.80. The van der Waals surface area contributed by atoms with Crippen LogP contribution in [0.25, 0.3) is 0 Å². The third-order valence-electron chi connectivity index (χ3n) is 4.68. The van der Waals surface area contributed by atoms with Crippen molar-refractivity contribution in [3.05, 3.63) is 66.2 Å². The number of carbonyl (C=O) groups is 2. The summed E-state index contributed by atoms with van der Waals surface area (Å²) in [5.41, 5.74) is 0.0680.